The summed E-state index contributed by atoms with van der Waals surface area (Å²) in [6, 6.07) is 24.3. The number of pyridine rings is 2. The van der Waals surface area contributed by atoms with E-state index in [2.05, 4.69) is 31.8 Å². The van der Waals surface area contributed by atoms with Crippen molar-refractivity contribution in [3.05, 3.63) is 115 Å². The molecule has 3 N–H and O–H groups in total. The fourth-order valence-electron chi connectivity index (χ4n) is 3.85. The maximum Gasteiger partial charge on any atom is 0.458 e. The molecule has 0 fully saturated rings. The van der Waals surface area contributed by atoms with Crippen LogP contribution < -0.4 is 16.0 Å². The molecule has 1 amide bonds. The zero-order valence-corrected chi connectivity index (χ0v) is 20.3. The van der Waals surface area contributed by atoms with Crippen LogP contribution in [0.25, 0.3) is 10.9 Å². The number of hydrogen-bond donors (Lipinski definition) is 3. The highest BCUT2D eigenvalue weighted by Gasteiger charge is 2.23. The van der Waals surface area contributed by atoms with Gasteiger partial charge in [-0.1, -0.05) is 18.1 Å². The molecule has 0 radical (unpaired) electrons. The number of nitrogens with one attached hydrogen (secondary N) is 3. The number of benzene rings is 3. The molecule has 3 aromatic carbocycles. The maximum absolute atomic E-state index is 13.0. The second-order valence-electron chi connectivity index (χ2n) is 8.44. The van der Waals surface area contributed by atoms with Crippen molar-refractivity contribution in [3.8, 4) is 11.8 Å². The van der Waals surface area contributed by atoms with Gasteiger partial charge in [0.1, 0.15) is 0 Å². The molecule has 0 aliphatic carbocycles. The number of halogens is 3. The molecule has 0 saturated heterocycles. The Morgan fingerprint density at radius 3 is 2.28 bits per heavy atom. The summed E-state index contributed by atoms with van der Waals surface area (Å²) in [5.74, 6) is 3.13. The van der Waals surface area contributed by atoms with Crippen molar-refractivity contribution in [2.45, 2.75) is 6.18 Å². The number of fused-ring (bicyclic) bond motifs is 1. The van der Waals surface area contributed by atoms with Crippen molar-refractivity contribution in [1.29, 1.82) is 0 Å². The van der Waals surface area contributed by atoms with Crippen molar-refractivity contribution in [2.75, 3.05) is 16.0 Å². The van der Waals surface area contributed by atoms with E-state index in [9.17, 15) is 18.0 Å². The lowest BCUT2D eigenvalue weighted by molar-refractivity contribution is -0.0696. The number of hydrogen-bond acceptors (Lipinski definition) is 5. The lowest BCUT2D eigenvalue weighted by atomic mass is 10.1. The van der Waals surface area contributed by atoms with Crippen LogP contribution in [0.4, 0.5) is 41.6 Å². The molecule has 39 heavy (non-hydrogen) atoms. The van der Waals surface area contributed by atoms with Gasteiger partial charge in [0, 0.05) is 69.5 Å². The van der Waals surface area contributed by atoms with Crippen molar-refractivity contribution in [3.63, 3.8) is 0 Å². The molecule has 0 spiro atoms. The van der Waals surface area contributed by atoms with E-state index in [1.54, 1.807) is 67.1 Å². The van der Waals surface area contributed by atoms with Gasteiger partial charge in [0.2, 0.25) is 0 Å². The topological polar surface area (TPSA) is 78.9 Å². The van der Waals surface area contributed by atoms with Gasteiger partial charge in [-0.3, -0.25) is 14.8 Å². The average Bonchev–Trinajstić information content (AvgIpc) is 2.93. The predicted molar refractivity (Wildman–Crippen MR) is 146 cm³/mol. The molecule has 6 nitrogen and oxygen atoms in total. The normalized spacial score (nSPS) is 10.8. The number of carbonyl (C=O) groups is 1. The average molecular weight is 524 g/mol. The molecule has 0 atom stereocenters. The van der Waals surface area contributed by atoms with E-state index in [1.165, 1.54) is 12.0 Å². The first-order chi connectivity index (χ1) is 18.8. The van der Waals surface area contributed by atoms with Gasteiger partial charge in [-0.15, -0.1) is 0 Å². The standard InChI is InChI=1S/C30H20F3N5O/c31-30(32,33)13-9-20-7-8-27-26(17-20)28(12-16-35-27)37-23-4-1-3-21(18-23)29(39)38-25-6-2-5-24(19-25)36-22-10-14-34-15-11-22/h1-8,10-12,14-19H,(H,34,36)(H,35,37)(H,38,39). The quantitative estimate of drug-likeness (QED) is 0.204. The highest BCUT2D eigenvalue weighted by molar-refractivity contribution is 6.05. The number of amides is 1. The van der Waals surface area contributed by atoms with E-state index in [0.29, 0.717) is 33.5 Å². The molecule has 5 aromatic rings. The van der Waals surface area contributed by atoms with Crippen LogP contribution in [0.15, 0.2) is 104 Å². The zero-order valence-electron chi connectivity index (χ0n) is 20.3. The first-order valence-electron chi connectivity index (χ1n) is 11.8. The third kappa shape index (κ3) is 6.70. The minimum absolute atomic E-state index is 0.213. The van der Waals surface area contributed by atoms with Gasteiger partial charge >= 0.3 is 6.18 Å². The highest BCUT2D eigenvalue weighted by Crippen LogP contribution is 2.27. The molecule has 5 rings (SSSR count). The number of alkyl halides is 3. The maximum atomic E-state index is 13.0. The van der Waals surface area contributed by atoms with Crippen LogP contribution in [0.2, 0.25) is 0 Å². The molecular weight excluding hydrogens is 503 g/mol. The largest absolute Gasteiger partial charge is 0.458 e. The van der Waals surface area contributed by atoms with Crippen LogP contribution in [0, 0.1) is 11.8 Å². The minimum Gasteiger partial charge on any atom is -0.355 e. The molecule has 0 saturated carbocycles. The van der Waals surface area contributed by atoms with E-state index >= 15 is 0 Å². The summed E-state index contributed by atoms with van der Waals surface area (Å²) in [5.41, 5.74) is 4.75. The van der Waals surface area contributed by atoms with Crippen LogP contribution in [-0.2, 0) is 0 Å². The third-order valence-corrected chi connectivity index (χ3v) is 5.58. The Balaban J connectivity index is 1.34. The second kappa shape index (κ2) is 10.9. The minimum atomic E-state index is -4.58. The second-order valence-corrected chi connectivity index (χ2v) is 8.44. The number of aromatic nitrogens is 2. The molecule has 0 bridgehead atoms. The molecule has 0 aliphatic rings. The summed E-state index contributed by atoms with van der Waals surface area (Å²) in [5, 5.41) is 9.99. The molecule has 192 valence electrons. The fourth-order valence-corrected chi connectivity index (χ4v) is 3.85. The zero-order chi connectivity index (χ0) is 27.2. The number of anilines is 5. The van der Waals surface area contributed by atoms with E-state index in [0.717, 1.165) is 11.4 Å². The Morgan fingerprint density at radius 2 is 1.49 bits per heavy atom. The van der Waals surface area contributed by atoms with Crippen LogP contribution in [-0.4, -0.2) is 22.1 Å². The molecular formula is C30H20F3N5O. The first kappa shape index (κ1) is 25.3. The van der Waals surface area contributed by atoms with Crippen molar-refractivity contribution in [2.24, 2.45) is 0 Å². The van der Waals surface area contributed by atoms with Gasteiger partial charge in [-0.25, -0.2) is 0 Å². The lowest BCUT2D eigenvalue weighted by Crippen LogP contribution is -2.12. The Hall–Kier alpha value is -5.36. The van der Waals surface area contributed by atoms with Gasteiger partial charge < -0.3 is 16.0 Å². The lowest BCUT2D eigenvalue weighted by Gasteiger charge is -2.12. The molecule has 9 heteroatoms. The first-order valence-corrected chi connectivity index (χ1v) is 11.8. The van der Waals surface area contributed by atoms with Gasteiger partial charge in [0.05, 0.1) is 5.52 Å². The van der Waals surface area contributed by atoms with Crippen LogP contribution in [0.3, 0.4) is 0 Å². The van der Waals surface area contributed by atoms with Crippen molar-refractivity contribution in [1.82, 2.24) is 9.97 Å². The predicted octanol–water partition coefficient (Wildman–Crippen LogP) is 7.28. The Kier molecular flexibility index (Phi) is 7.10. The summed E-state index contributed by atoms with van der Waals surface area (Å²) < 4.78 is 37.6. The van der Waals surface area contributed by atoms with Gasteiger partial charge in [-0.2, -0.15) is 13.2 Å². The van der Waals surface area contributed by atoms with Crippen LogP contribution in [0.1, 0.15) is 15.9 Å². The smallest absolute Gasteiger partial charge is 0.355 e. The van der Waals surface area contributed by atoms with Crippen LogP contribution in [0.5, 0.6) is 0 Å². The Morgan fingerprint density at radius 1 is 0.744 bits per heavy atom. The fraction of sp³-hybridized carbons (Fsp3) is 0.0333. The molecule has 2 heterocycles. The van der Waals surface area contributed by atoms with Crippen molar-refractivity contribution < 1.29 is 18.0 Å². The number of carbonyl (C=O) groups excluding carboxylic acids is 1. The van der Waals surface area contributed by atoms with Crippen molar-refractivity contribution >= 4 is 45.2 Å². The third-order valence-electron chi connectivity index (χ3n) is 5.58. The monoisotopic (exact) mass is 523 g/mol. The molecule has 0 aliphatic heterocycles. The molecule has 0 unspecified atom stereocenters. The summed E-state index contributed by atoms with van der Waals surface area (Å²) in [6.07, 6.45) is 0.383. The summed E-state index contributed by atoms with van der Waals surface area (Å²) in [4.78, 5) is 21.3. The number of rotatable bonds is 6. The van der Waals surface area contributed by atoms with E-state index in [-0.39, 0.29) is 11.5 Å². The van der Waals surface area contributed by atoms with Gasteiger partial charge in [0.15, 0.2) is 0 Å². The highest BCUT2D eigenvalue weighted by atomic mass is 19.4. The summed E-state index contributed by atoms with van der Waals surface area (Å²) >= 11 is 0. The van der Waals surface area contributed by atoms with Gasteiger partial charge in [-0.05, 0) is 72.8 Å². The van der Waals surface area contributed by atoms with E-state index in [4.69, 9.17) is 0 Å². The molecule has 2 aromatic heterocycles. The summed E-state index contributed by atoms with van der Waals surface area (Å²) in [7, 11) is 0. The van der Waals surface area contributed by atoms with Gasteiger partial charge in [0.25, 0.3) is 5.91 Å². The Bertz CT molecular complexity index is 1710. The van der Waals surface area contributed by atoms with Crippen LogP contribution >= 0.6 is 0 Å². The van der Waals surface area contributed by atoms with E-state index < -0.39 is 6.18 Å². The summed E-state index contributed by atoms with van der Waals surface area (Å²) in [6.45, 7) is 0. The SMILES string of the molecule is O=C(Nc1cccc(Nc2ccncc2)c1)c1cccc(Nc2ccnc3ccc(C#CC(F)(F)F)cc23)c1. The number of nitrogens with zero attached hydrogens (tertiary/aromatic N) is 2. The van der Waals surface area contributed by atoms with E-state index in [1.807, 2.05) is 30.3 Å². The Labute approximate surface area is 221 Å².